The van der Waals surface area contributed by atoms with Crippen LogP contribution in [0, 0.1) is 11.7 Å². The van der Waals surface area contributed by atoms with E-state index in [1.54, 1.807) is 12.1 Å². The number of nitrogens with one attached hydrogen (secondary N) is 1. The molecule has 3 fully saturated rings. The molecular weight excluding hydrogens is 557 g/mol. The Balaban J connectivity index is 1.12. The van der Waals surface area contributed by atoms with Gasteiger partial charge in [-0.05, 0) is 85.1 Å². The number of hydrogen-bond acceptors (Lipinski definition) is 6. The topological polar surface area (TPSA) is 74.3 Å². The highest BCUT2D eigenvalue weighted by Gasteiger charge is 2.33. The molecule has 3 unspecified atom stereocenters. The summed E-state index contributed by atoms with van der Waals surface area (Å²) in [6.45, 7) is 5.20. The predicted molar refractivity (Wildman–Crippen MR) is 163 cm³/mol. The minimum atomic E-state index is -0.914. The quantitative estimate of drug-likeness (QED) is 0.348. The molecule has 0 saturated carbocycles. The summed E-state index contributed by atoms with van der Waals surface area (Å²) in [6, 6.07) is 15.7. The number of likely N-dealkylation sites (tertiary alicyclic amines) is 1. The van der Waals surface area contributed by atoms with Crippen LogP contribution in [0.15, 0.2) is 54.6 Å². The van der Waals surface area contributed by atoms with Gasteiger partial charge in [0.05, 0.1) is 30.2 Å². The Hall–Kier alpha value is -2.91. The normalized spacial score (nSPS) is 21.5. The first-order valence-electron chi connectivity index (χ1n) is 15.1. The molecule has 3 atom stereocenters. The third kappa shape index (κ3) is 6.83. The van der Waals surface area contributed by atoms with Gasteiger partial charge >= 0.3 is 0 Å². The Bertz CT molecular complexity index is 1390. The summed E-state index contributed by atoms with van der Waals surface area (Å²) in [4.78, 5) is 18.1. The minimum Gasteiger partial charge on any atom is -0.489 e. The van der Waals surface area contributed by atoms with Gasteiger partial charge in [-0.25, -0.2) is 4.39 Å². The number of aliphatic hydroxyl groups is 1. The largest absolute Gasteiger partial charge is 0.489 e. The van der Waals surface area contributed by atoms with E-state index in [1.807, 2.05) is 30.3 Å². The van der Waals surface area contributed by atoms with E-state index in [-0.39, 0.29) is 23.7 Å². The molecule has 7 nitrogen and oxygen atoms in total. The fourth-order valence-electron chi connectivity index (χ4n) is 6.38. The fourth-order valence-corrected chi connectivity index (χ4v) is 6.61. The van der Waals surface area contributed by atoms with Crippen LogP contribution in [0.3, 0.4) is 0 Å². The first kappa shape index (κ1) is 29.2. The van der Waals surface area contributed by atoms with Crippen molar-refractivity contribution in [3.8, 4) is 5.75 Å². The third-order valence-electron chi connectivity index (χ3n) is 8.83. The maximum atomic E-state index is 13.6. The number of ether oxygens (including phenoxy) is 2. The Morgan fingerprint density at radius 1 is 1.02 bits per heavy atom. The van der Waals surface area contributed by atoms with Crippen molar-refractivity contribution in [2.24, 2.45) is 5.92 Å². The van der Waals surface area contributed by atoms with Crippen molar-refractivity contribution in [2.45, 2.75) is 50.4 Å². The van der Waals surface area contributed by atoms with Crippen molar-refractivity contribution in [2.75, 3.05) is 50.8 Å². The zero-order valence-corrected chi connectivity index (χ0v) is 24.6. The number of anilines is 1. The number of halogens is 2. The lowest BCUT2D eigenvalue weighted by atomic mass is 9.99. The predicted octanol–water partition coefficient (Wildman–Crippen LogP) is 5.33. The van der Waals surface area contributed by atoms with Crippen LogP contribution in [0.4, 0.5) is 10.1 Å². The maximum Gasteiger partial charge on any atom is 0.225 e. The molecule has 3 aliphatic heterocycles. The molecular formula is C33H39ClFN3O4. The lowest BCUT2D eigenvalue weighted by Crippen LogP contribution is -2.48. The van der Waals surface area contributed by atoms with Crippen molar-refractivity contribution < 1.29 is 23.8 Å². The second-order valence-electron chi connectivity index (χ2n) is 11.8. The van der Waals surface area contributed by atoms with Gasteiger partial charge in [0.25, 0.3) is 0 Å². The van der Waals surface area contributed by atoms with Gasteiger partial charge in [-0.15, -0.1) is 0 Å². The van der Waals surface area contributed by atoms with Crippen molar-refractivity contribution >= 4 is 34.0 Å². The Kier molecular flexibility index (Phi) is 9.14. The van der Waals surface area contributed by atoms with Crippen LogP contribution in [0.1, 0.15) is 43.8 Å². The second-order valence-corrected chi connectivity index (χ2v) is 12.2. The molecule has 3 heterocycles. The summed E-state index contributed by atoms with van der Waals surface area (Å²) in [7, 11) is 0. The molecule has 3 aromatic carbocycles. The van der Waals surface area contributed by atoms with Gasteiger partial charge in [-0.3, -0.25) is 4.79 Å². The minimum absolute atomic E-state index is 0.0471. The number of carbonyl (C=O) groups excluding carboxylic acids is 1. The molecule has 0 aliphatic carbocycles. The zero-order chi connectivity index (χ0) is 29.1. The van der Waals surface area contributed by atoms with Crippen molar-refractivity contribution in [1.29, 1.82) is 0 Å². The van der Waals surface area contributed by atoms with Crippen LogP contribution in [-0.4, -0.2) is 74.0 Å². The SMILES string of the molecule is O=C(NC(CN1CCCC1)C(O)c1ccc(OC2CCOCC2)c(Cl)c1)C1CCN(c2ccc3cc(F)ccc3c2)C1. The third-order valence-corrected chi connectivity index (χ3v) is 9.13. The molecule has 3 aromatic rings. The molecule has 6 rings (SSSR count). The van der Waals surface area contributed by atoms with Gasteiger partial charge in [0.1, 0.15) is 23.8 Å². The number of amides is 1. The second kappa shape index (κ2) is 13.2. The van der Waals surface area contributed by atoms with Gasteiger partial charge in [0.15, 0.2) is 0 Å². The fraction of sp³-hybridized carbons (Fsp3) is 0.485. The number of aliphatic hydroxyl groups excluding tert-OH is 1. The average Bonchev–Trinajstić information content (AvgIpc) is 3.71. The Morgan fingerprint density at radius 2 is 1.79 bits per heavy atom. The number of benzene rings is 3. The van der Waals surface area contributed by atoms with Gasteiger partial charge in [0, 0.05) is 38.2 Å². The molecule has 2 N–H and O–H groups in total. The summed E-state index contributed by atoms with van der Waals surface area (Å²) in [6.07, 6.45) is 3.77. The lowest BCUT2D eigenvalue weighted by molar-refractivity contribution is -0.126. The molecule has 42 heavy (non-hydrogen) atoms. The molecule has 1 amide bonds. The Labute approximate surface area is 251 Å². The summed E-state index contributed by atoms with van der Waals surface area (Å²) < 4.78 is 25.1. The molecule has 0 aromatic heterocycles. The highest BCUT2D eigenvalue weighted by molar-refractivity contribution is 6.32. The monoisotopic (exact) mass is 595 g/mol. The summed E-state index contributed by atoms with van der Waals surface area (Å²) in [5, 5.41) is 17.0. The standard InChI is InChI=1S/C33H39ClFN3O4/c34-29-19-24(5-8-31(29)42-28-10-15-41-16-11-28)32(39)30(21-37-12-1-2-13-37)36-33(40)25-9-14-38(20-25)27-7-4-22-17-26(35)6-3-23(22)18-27/h3-8,17-19,25,28,30,32,39H,1-2,9-16,20-21H2,(H,36,40). The summed E-state index contributed by atoms with van der Waals surface area (Å²) in [5.41, 5.74) is 1.68. The van der Waals surface area contributed by atoms with Gasteiger partial charge in [-0.1, -0.05) is 29.8 Å². The number of rotatable bonds is 9. The molecule has 3 saturated heterocycles. The number of nitrogens with zero attached hydrogens (tertiary/aromatic N) is 2. The van der Waals surface area contributed by atoms with E-state index in [0.717, 1.165) is 68.2 Å². The first-order chi connectivity index (χ1) is 20.4. The van der Waals surface area contributed by atoms with Crippen molar-refractivity contribution in [1.82, 2.24) is 10.2 Å². The van der Waals surface area contributed by atoms with E-state index in [9.17, 15) is 14.3 Å². The summed E-state index contributed by atoms with van der Waals surface area (Å²) in [5.74, 6) is 0.111. The van der Waals surface area contributed by atoms with E-state index in [0.29, 0.717) is 42.6 Å². The van der Waals surface area contributed by atoms with Gasteiger partial charge < -0.3 is 29.7 Å². The van der Waals surface area contributed by atoms with Crippen LogP contribution in [0.2, 0.25) is 5.02 Å². The van der Waals surface area contributed by atoms with E-state index in [2.05, 4.69) is 15.1 Å². The van der Waals surface area contributed by atoms with E-state index < -0.39 is 12.1 Å². The maximum absolute atomic E-state index is 13.6. The van der Waals surface area contributed by atoms with Gasteiger partial charge in [0.2, 0.25) is 5.91 Å². The van der Waals surface area contributed by atoms with Crippen molar-refractivity contribution in [3.63, 3.8) is 0 Å². The van der Waals surface area contributed by atoms with Crippen LogP contribution in [0.5, 0.6) is 5.75 Å². The Morgan fingerprint density at radius 3 is 2.57 bits per heavy atom. The molecule has 0 radical (unpaired) electrons. The number of hydrogen-bond donors (Lipinski definition) is 2. The van der Waals surface area contributed by atoms with Crippen LogP contribution in [-0.2, 0) is 9.53 Å². The van der Waals surface area contributed by atoms with Crippen LogP contribution in [0.25, 0.3) is 10.8 Å². The zero-order valence-electron chi connectivity index (χ0n) is 23.8. The van der Waals surface area contributed by atoms with E-state index >= 15 is 0 Å². The van der Waals surface area contributed by atoms with Crippen LogP contribution < -0.4 is 15.0 Å². The number of carbonyl (C=O) groups is 1. The summed E-state index contributed by atoms with van der Waals surface area (Å²) >= 11 is 6.61. The molecule has 3 aliphatic rings. The first-order valence-corrected chi connectivity index (χ1v) is 15.5. The highest BCUT2D eigenvalue weighted by atomic mass is 35.5. The molecule has 0 bridgehead atoms. The van der Waals surface area contributed by atoms with Gasteiger partial charge in [-0.2, -0.15) is 0 Å². The van der Waals surface area contributed by atoms with Crippen LogP contribution >= 0.6 is 11.6 Å². The average molecular weight is 596 g/mol. The molecule has 224 valence electrons. The van der Waals surface area contributed by atoms with Crippen molar-refractivity contribution in [3.05, 3.63) is 71.0 Å². The highest BCUT2D eigenvalue weighted by Crippen LogP contribution is 2.32. The van der Waals surface area contributed by atoms with E-state index in [1.165, 1.54) is 12.1 Å². The molecule has 0 spiro atoms. The lowest BCUT2D eigenvalue weighted by Gasteiger charge is -2.30. The number of fused-ring (bicyclic) bond motifs is 1. The van der Waals surface area contributed by atoms with E-state index in [4.69, 9.17) is 21.1 Å². The molecule has 9 heteroatoms. The smallest absolute Gasteiger partial charge is 0.225 e.